The molecule has 88 valence electrons. The Balaban J connectivity index is 3.16. The summed E-state index contributed by atoms with van der Waals surface area (Å²) in [5.74, 6) is 0.310. The van der Waals surface area contributed by atoms with Crippen LogP contribution in [0.15, 0.2) is 29.8 Å². The number of carbonyl (C=O) groups is 1. The minimum Gasteiger partial charge on any atom is -0.496 e. The van der Waals surface area contributed by atoms with Crippen LogP contribution in [0.1, 0.15) is 5.56 Å². The first kappa shape index (κ1) is 12.8. The predicted octanol–water partition coefficient (Wildman–Crippen LogP) is 1.69. The van der Waals surface area contributed by atoms with Gasteiger partial charge in [-0.15, -0.1) is 0 Å². The highest BCUT2D eigenvalue weighted by Crippen LogP contribution is 2.20. The van der Waals surface area contributed by atoms with Crippen molar-refractivity contribution >= 4 is 12.0 Å². The molecular weight excluding hydrogens is 216 g/mol. The Labute approximate surface area is 101 Å². The van der Waals surface area contributed by atoms with Gasteiger partial charge in [0.2, 0.25) is 0 Å². The number of para-hydroxylation sites is 1. The molecule has 0 heterocycles. The monoisotopic (exact) mass is 230 g/mol. The molecule has 0 fully saturated rings. The number of likely N-dealkylation sites (N-methyl/N-ethyl adjacent to an activating group) is 1. The number of amides is 1. The summed E-state index contributed by atoms with van der Waals surface area (Å²) in [6.07, 6.45) is 1.53. The molecule has 1 aromatic carbocycles. The van der Waals surface area contributed by atoms with Crippen molar-refractivity contribution in [1.29, 1.82) is 5.26 Å². The lowest BCUT2D eigenvalue weighted by atomic mass is 10.1. The molecule has 0 unspecified atom stereocenters. The fraction of sp³-hybridized carbons (Fsp3) is 0.231. The van der Waals surface area contributed by atoms with Crippen LogP contribution in [0.4, 0.5) is 0 Å². The molecule has 0 bridgehead atoms. The van der Waals surface area contributed by atoms with E-state index in [9.17, 15) is 4.79 Å². The van der Waals surface area contributed by atoms with Crippen molar-refractivity contribution in [3.63, 3.8) is 0 Å². The zero-order valence-corrected chi connectivity index (χ0v) is 10.1. The Morgan fingerprint density at radius 1 is 1.41 bits per heavy atom. The van der Waals surface area contributed by atoms with Crippen LogP contribution in [0, 0.1) is 11.3 Å². The van der Waals surface area contributed by atoms with Crippen molar-refractivity contribution in [1.82, 2.24) is 4.90 Å². The number of hydrogen-bond donors (Lipinski definition) is 0. The van der Waals surface area contributed by atoms with Crippen molar-refractivity contribution < 1.29 is 9.53 Å². The number of hydrogen-bond acceptors (Lipinski definition) is 3. The summed E-state index contributed by atoms with van der Waals surface area (Å²) in [5.41, 5.74) is 0.793. The van der Waals surface area contributed by atoms with Gasteiger partial charge in [0.15, 0.2) is 0 Å². The second kappa shape index (κ2) is 5.71. The molecule has 0 saturated carbocycles. The number of nitriles is 1. The number of carbonyl (C=O) groups excluding carboxylic acids is 1. The predicted molar refractivity (Wildman–Crippen MR) is 65.3 cm³/mol. The highest BCUT2D eigenvalue weighted by Gasteiger charge is 2.11. The van der Waals surface area contributed by atoms with Gasteiger partial charge in [0.1, 0.15) is 17.4 Å². The summed E-state index contributed by atoms with van der Waals surface area (Å²) in [7, 11) is 4.76. The molecule has 1 amide bonds. The molecule has 0 atom stereocenters. The fourth-order valence-corrected chi connectivity index (χ4v) is 1.32. The summed E-state index contributed by atoms with van der Waals surface area (Å²) in [5, 5.41) is 8.96. The zero-order valence-electron chi connectivity index (χ0n) is 10.1. The van der Waals surface area contributed by atoms with Crippen LogP contribution in [-0.4, -0.2) is 32.0 Å². The maximum Gasteiger partial charge on any atom is 0.264 e. The number of benzene rings is 1. The molecule has 0 aliphatic heterocycles. The normalized spacial score (nSPS) is 10.6. The van der Waals surface area contributed by atoms with E-state index in [1.54, 1.807) is 33.3 Å². The summed E-state index contributed by atoms with van der Waals surface area (Å²) in [6.45, 7) is 0. The van der Waals surface area contributed by atoms with Crippen molar-refractivity contribution in [2.45, 2.75) is 0 Å². The summed E-state index contributed by atoms with van der Waals surface area (Å²) in [6, 6.07) is 9.12. The Kier molecular flexibility index (Phi) is 4.29. The second-order valence-electron chi connectivity index (χ2n) is 3.61. The van der Waals surface area contributed by atoms with E-state index in [4.69, 9.17) is 10.00 Å². The van der Waals surface area contributed by atoms with E-state index in [0.29, 0.717) is 11.3 Å². The van der Waals surface area contributed by atoms with Gasteiger partial charge in [0.25, 0.3) is 5.91 Å². The van der Waals surface area contributed by atoms with Crippen LogP contribution >= 0.6 is 0 Å². The molecule has 0 spiro atoms. The van der Waals surface area contributed by atoms with Crippen LogP contribution < -0.4 is 4.74 Å². The molecule has 0 radical (unpaired) electrons. The fourth-order valence-electron chi connectivity index (χ4n) is 1.32. The van der Waals surface area contributed by atoms with Gasteiger partial charge in [0.05, 0.1) is 7.11 Å². The molecule has 0 aromatic heterocycles. The molecule has 0 aliphatic carbocycles. The summed E-state index contributed by atoms with van der Waals surface area (Å²) in [4.78, 5) is 13.0. The van der Waals surface area contributed by atoms with Crippen molar-refractivity contribution in [2.75, 3.05) is 21.2 Å². The molecule has 17 heavy (non-hydrogen) atoms. The third-order valence-electron chi connectivity index (χ3n) is 2.20. The molecule has 4 heteroatoms. The summed E-state index contributed by atoms with van der Waals surface area (Å²) < 4.78 is 5.15. The second-order valence-corrected chi connectivity index (χ2v) is 3.61. The highest BCUT2D eigenvalue weighted by atomic mass is 16.5. The Morgan fingerprint density at radius 2 is 2.06 bits per heavy atom. The van der Waals surface area contributed by atoms with E-state index in [0.717, 1.165) is 0 Å². The standard InChI is InChI=1S/C13H14N2O2/c1-15(2)13(16)11(9-14)8-10-6-4-5-7-12(10)17-3/h4-8H,1-3H3/b11-8+. The number of methoxy groups -OCH3 is 1. The average molecular weight is 230 g/mol. The molecule has 0 aliphatic rings. The van der Waals surface area contributed by atoms with Gasteiger partial charge in [-0.25, -0.2) is 0 Å². The van der Waals surface area contributed by atoms with E-state index < -0.39 is 0 Å². The van der Waals surface area contributed by atoms with Gasteiger partial charge in [-0.05, 0) is 12.1 Å². The topological polar surface area (TPSA) is 53.3 Å². The van der Waals surface area contributed by atoms with E-state index in [-0.39, 0.29) is 11.5 Å². The molecule has 1 rings (SSSR count). The first-order chi connectivity index (χ1) is 8.10. The van der Waals surface area contributed by atoms with Gasteiger partial charge >= 0.3 is 0 Å². The van der Waals surface area contributed by atoms with Crippen LogP contribution in [0.2, 0.25) is 0 Å². The van der Waals surface area contributed by atoms with Gasteiger partial charge in [-0.3, -0.25) is 4.79 Å². The minimum atomic E-state index is -0.321. The highest BCUT2D eigenvalue weighted by molar-refractivity contribution is 6.01. The average Bonchev–Trinajstić information content (AvgIpc) is 2.35. The number of ether oxygens (including phenoxy) is 1. The Bertz CT molecular complexity index is 484. The smallest absolute Gasteiger partial charge is 0.264 e. The van der Waals surface area contributed by atoms with E-state index in [2.05, 4.69) is 0 Å². The van der Waals surface area contributed by atoms with Crippen molar-refractivity contribution in [3.05, 3.63) is 35.4 Å². The van der Waals surface area contributed by atoms with E-state index >= 15 is 0 Å². The SMILES string of the molecule is COc1ccccc1/C=C(\C#N)C(=O)N(C)C. The van der Waals surface area contributed by atoms with E-state index in [1.165, 1.54) is 11.0 Å². The van der Waals surface area contributed by atoms with Gasteiger partial charge in [-0.2, -0.15) is 5.26 Å². The minimum absolute atomic E-state index is 0.0829. The van der Waals surface area contributed by atoms with Crippen molar-refractivity contribution in [3.8, 4) is 11.8 Å². The maximum absolute atomic E-state index is 11.7. The Hall–Kier alpha value is -2.28. The molecule has 0 saturated heterocycles. The number of rotatable bonds is 3. The number of nitrogens with zero attached hydrogens (tertiary/aromatic N) is 2. The quantitative estimate of drug-likeness (QED) is 0.586. The van der Waals surface area contributed by atoms with Crippen LogP contribution in [0.5, 0.6) is 5.75 Å². The zero-order chi connectivity index (χ0) is 12.8. The van der Waals surface area contributed by atoms with Crippen molar-refractivity contribution in [2.24, 2.45) is 0 Å². The van der Waals surface area contributed by atoms with E-state index in [1.807, 2.05) is 18.2 Å². The van der Waals surface area contributed by atoms with Gasteiger partial charge in [0, 0.05) is 19.7 Å². The van der Waals surface area contributed by atoms with Crippen LogP contribution in [-0.2, 0) is 4.79 Å². The lowest BCUT2D eigenvalue weighted by Crippen LogP contribution is -2.22. The summed E-state index contributed by atoms with van der Waals surface area (Å²) >= 11 is 0. The molecular formula is C13H14N2O2. The Morgan fingerprint density at radius 3 is 2.59 bits per heavy atom. The first-order valence-electron chi connectivity index (χ1n) is 5.06. The van der Waals surface area contributed by atoms with Gasteiger partial charge < -0.3 is 9.64 Å². The molecule has 4 nitrogen and oxygen atoms in total. The lowest BCUT2D eigenvalue weighted by Gasteiger charge is -2.09. The molecule has 0 N–H and O–H groups in total. The lowest BCUT2D eigenvalue weighted by molar-refractivity contribution is -0.124. The maximum atomic E-state index is 11.7. The third kappa shape index (κ3) is 3.08. The molecule has 1 aromatic rings. The van der Waals surface area contributed by atoms with Gasteiger partial charge in [-0.1, -0.05) is 18.2 Å². The van der Waals surface area contributed by atoms with Crippen LogP contribution in [0.3, 0.4) is 0 Å². The third-order valence-corrected chi connectivity index (χ3v) is 2.20. The largest absolute Gasteiger partial charge is 0.496 e. The van der Waals surface area contributed by atoms with Crippen LogP contribution in [0.25, 0.3) is 6.08 Å². The first-order valence-corrected chi connectivity index (χ1v) is 5.06.